The molecule has 10 heteroatoms. The van der Waals surface area contributed by atoms with E-state index in [1.807, 2.05) is 11.8 Å². The Morgan fingerprint density at radius 1 is 1.26 bits per heavy atom. The normalized spacial score (nSPS) is 23.1. The van der Waals surface area contributed by atoms with Crippen LogP contribution >= 0.6 is 11.6 Å². The van der Waals surface area contributed by atoms with E-state index in [-0.39, 0.29) is 30.9 Å². The first-order valence-electron chi connectivity index (χ1n) is 11.9. The number of alkyl halides is 1. The summed E-state index contributed by atoms with van der Waals surface area (Å²) in [6, 6.07) is 3.67. The van der Waals surface area contributed by atoms with Crippen molar-refractivity contribution >= 4 is 23.2 Å². The van der Waals surface area contributed by atoms with Gasteiger partial charge in [0.1, 0.15) is 29.7 Å². The second-order valence-electron chi connectivity index (χ2n) is 9.23. The SMILES string of the molecule is CCCN1CCC(Oc2cc(F)ccc2C(=O)N2CC(=N)C(c3nc(C)c(Cl)c(C)n3)C2)C(F)C1. The fraction of sp³-hybridized carbons (Fsp3) is 0.520. The molecule has 0 saturated carbocycles. The van der Waals surface area contributed by atoms with Gasteiger partial charge in [0.2, 0.25) is 0 Å². The molecule has 3 heterocycles. The van der Waals surface area contributed by atoms with E-state index in [0.29, 0.717) is 40.9 Å². The minimum Gasteiger partial charge on any atom is -0.486 e. The predicted molar refractivity (Wildman–Crippen MR) is 130 cm³/mol. The molecule has 2 aliphatic rings. The maximum atomic E-state index is 14.8. The van der Waals surface area contributed by atoms with Gasteiger partial charge in [-0.15, -0.1) is 0 Å². The summed E-state index contributed by atoms with van der Waals surface area (Å²) >= 11 is 6.18. The number of nitrogens with zero attached hydrogens (tertiary/aromatic N) is 4. The van der Waals surface area contributed by atoms with Gasteiger partial charge in [0, 0.05) is 31.4 Å². The summed E-state index contributed by atoms with van der Waals surface area (Å²) in [6.07, 6.45) is -0.602. The highest BCUT2D eigenvalue weighted by molar-refractivity contribution is 6.31. The number of amides is 1. The van der Waals surface area contributed by atoms with E-state index in [0.717, 1.165) is 19.0 Å². The van der Waals surface area contributed by atoms with Gasteiger partial charge < -0.3 is 19.9 Å². The number of likely N-dealkylation sites (tertiary alicyclic amines) is 2. The molecule has 1 N–H and O–H groups in total. The number of benzene rings is 1. The minimum absolute atomic E-state index is 0.0241. The summed E-state index contributed by atoms with van der Waals surface area (Å²) in [5, 5.41) is 8.92. The molecule has 0 radical (unpaired) electrons. The topological polar surface area (TPSA) is 82.4 Å². The lowest BCUT2D eigenvalue weighted by Gasteiger charge is -2.35. The van der Waals surface area contributed by atoms with E-state index in [4.69, 9.17) is 21.7 Å². The first kappa shape index (κ1) is 25.4. The summed E-state index contributed by atoms with van der Waals surface area (Å²) < 4.78 is 34.8. The zero-order chi connectivity index (χ0) is 25.3. The Hall–Kier alpha value is -2.65. The van der Waals surface area contributed by atoms with Gasteiger partial charge in [0.15, 0.2) is 0 Å². The van der Waals surface area contributed by atoms with Gasteiger partial charge >= 0.3 is 0 Å². The number of ether oxygens (including phenoxy) is 1. The molecule has 2 aromatic rings. The lowest BCUT2D eigenvalue weighted by atomic mass is 10.0. The summed E-state index contributed by atoms with van der Waals surface area (Å²) in [7, 11) is 0. The Bertz CT molecular complexity index is 1110. The van der Waals surface area contributed by atoms with E-state index in [1.54, 1.807) is 13.8 Å². The lowest BCUT2D eigenvalue weighted by molar-refractivity contribution is 0.0211. The number of aryl methyl sites for hydroxylation is 2. The van der Waals surface area contributed by atoms with E-state index >= 15 is 0 Å². The van der Waals surface area contributed by atoms with Crippen LogP contribution in [0.2, 0.25) is 5.02 Å². The zero-order valence-electron chi connectivity index (χ0n) is 20.2. The van der Waals surface area contributed by atoms with Crippen molar-refractivity contribution in [2.75, 3.05) is 32.7 Å². The van der Waals surface area contributed by atoms with Crippen LogP contribution in [-0.2, 0) is 0 Å². The van der Waals surface area contributed by atoms with Crippen molar-refractivity contribution in [2.24, 2.45) is 0 Å². The van der Waals surface area contributed by atoms with Crippen molar-refractivity contribution in [3.05, 3.63) is 51.8 Å². The molecule has 1 aromatic heterocycles. The molecule has 2 fully saturated rings. The Labute approximate surface area is 209 Å². The number of rotatable bonds is 6. The monoisotopic (exact) mass is 505 g/mol. The molecule has 3 unspecified atom stereocenters. The van der Waals surface area contributed by atoms with Gasteiger partial charge in [-0.2, -0.15) is 0 Å². The third-order valence-corrected chi connectivity index (χ3v) is 7.09. The second-order valence-corrected chi connectivity index (χ2v) is 9.61. The number of hydrogen-bond acceptors (Lipinski definition) is 6. The molecule has 35 heavy (non-hydrogen) atoms. The Kier molecular flexibility index (Phi) is 7.66. The maximum absolute atomic E-state index is 14.8. The molecule has 1 amide bonds. The molecule has 0 spiro atoms. The van der Waals surface area contributed by atoms with Crippen LogP contribution < -0.4 is 4.74 Å². The van der Waals surface area contributed by atoms with Crippen molar-refractivity contribution in [2.45, 2.75) is 51.8 Å². The average molecular weight is 506 g/mol. The number of halogens is 3. The Balaban J connectivity index is 1.52. The predicted octanol–water partition coefficient (Wildman–Crippen LogP) is 4.35. The highest BCUT2D eigenvalue weighted by Gasteiger charge is 2.37. The first-order valence-corrected chi connectivity index (χ1v) is 12.3. The molecular weight excluding hydrogens is 476 g/mol. The molecule has 0 bridgehead atoms. The van der Waals surface area contributed by atoms with Gasteiger partial charge in [-0.1, -0.05) is 18.5 Å². The first-order chi connectivity index (χ1) is 16.7. The fourth-order valence-corrected chi connectivity index (χ4v) is 4.77. The van der Waals surface area contributed by atoms with Crippen molar-refractivity contribution in [3.63, 3.8) is 0 Å². The molecule has 188 valence electrons. The van der Waals surface area contributed by atoms with Crippen molar-refractivity contribution in [1.29, 1.82) is 5.41 Å². The third-order valence-electron chi connectivity index (χ3n) is 6.54. The van der Waals surface area contributed by atoms with Crippen LogP contribution in [0.25, 0.3) is 0 Å². The smallest absolute Gasteiger partial charge is 0.257 e. The average Bonchev–Trinajstić information content (AvgIpc) is 3.20. The Morgan fingerprint density at radius 2 is 1.97 bits per heavy atom. The van der Waals surface area contributed by atoms with Crippen molar-refractivity contribution < 1.29 is 18.3 Å². The lowest BCUT2D eigenvalue weighted by Crippen LogP contribution is -2.47. The molecule has 2 aliphatic heterocycles. The zero-order valence-corrected chi connectivity index (χ0v) is 20.9. The quantitative estimate of drug-likeness (QED) is 0.631. The van der Waals surface area contributed by atoms with E-state index in [9.17, 15) is 13.6 Å². The molecule has 3 atom stereocenters. The maximum Gasteiger partial charge on any atom is 0.257 e. The van der Waals surface area contributed by atoms with Crippen LogP contribution in [0.3, 0.4) is 0 Å². The number of hydrogen-bond donors (Lipinski definition) is 1. The number of aromatic nitrogens is 2. The van der Waals surface area contributed by atoms with Crippen LogP contribution in [0.1, 0.15) is 53.3 Å². The van der Waals surface area contributed by atoms with Crippen molar-refractivity contribution in [1.82, 2.24) is 19.8 Å². The molecule has 7 nitrogen and oxygen atoms in total. The highest BCUT2D eigenvalue weighted by Crippen LogP contribution is 2.30. The largest absolute Gasteiger partial charge is 0.486 e. The van der Waals surface area contributed by atoms with Gasteiger partial charge in [-0.3, -0.25) is 4.79 Å². The van der Waals surface area contributed by atoms with Gasteiger partial charge in [0.05, 0.1) is 34.4 Å². The number of carbonyl (C=O) groups is 1. The minimum atomic E-state index is -1.24. The van der Waals surface area contributed by atoms with Crippen molar-refractivity contribution in [3.8, 4) is 5.75 Å². The van der Waals surface area contributed by atoms with E-state index < -0.39 is 29.9 Å². The van der Waals surface area contributed by atoms with E-state index in [2.05, 4.69) is 9.97 Å². The molecule has 0 aliphatic carbocycles. The number of nitrogens with one attached hydrogen (secondary N) is 1. The molecule has 4 rings (SSSR count). The van der Waals surface area contributed by atoms with Gasteiger partial charge in [0.25, 0.3) is 5.91 Å². The summed E-state index contributed by atoms with van der Waals surface area (Å²) in [5.41, 5.74) is 1.68. The highest BCUT2D eigenvalue weighted by atomic mass is 35.5. The van der Waals surface area contributed by atoms with Crippen LogP contribution in [-0.4, -0.2) is 76.4 Å². The second kappa shape index (κ2) is 10.5. The van der Waals surface area contributed by atoms with Crippen LogP contribution in [0.15, 0.2) is 18.2 Å². The van der Waals surface area contributed by atoms with Gasteiger partial charge in [-0.05, 0) is 45.4 Å². The van der Waals surface area contributed by atoms with Crippen LogP contribution in [0, 0.1) is 25.1 Å². The van der Waals surface area contributed by atoms with Crippen LogP contribution in [0.5, 0.6) is 5.75 Å². The molecule has 2 saturated heterocycles. The summed E-state index contributed by atoms with van der Waals surface area (Å²) in [4.78, 5) is 25.8. The fourth-order valence-electron chi connectivity index (χ4n) is 4.69. The number of carbonyl (C=O) groups excluding carboxylic acids is 1. The van der Waals surface area contributed by atoms with Gasteiger partial charge in [-0.25, -0.2) is 18.7 Å². The number of piperidine rings is 1. The summed E-state index contributed by atoms with van der Waals surface area (Å²) in [6.45, 7) is 7.63. The van der Waals surface area contributed by atoms with Crippen LogP contribution in [0.4, 0.5) is 8.78 Å². The standard InChI is InChI=1S/C25H30ClF2N5O2/c1-4-8-32-9-7-21(19(28)12-32)35-22-10-16(27)5-6-17(22)25(34)33-11-18(20(29)13-33)24-30-14(2)23(26)15(3)31-24/h5-6,10,18-19,21,29H,4,7-9,11-13H2,1-3H3. The molecular formula is C25H30ClF2N5O2. The summed E-state index contributed by atoms with van der Waals surface area (Å²) in [5.74, 6) is -0.969. The third kappa shape index (κ3) is 5.46. The molecule has 1 aromatic carbocycles. The Morgan fingerprint density at radius 3 is 2.63 bits per heavy atom. The van der Waals surface area contributed by atoms with E-state index in [1.165, 1.54) is 17.0 Å².